The van der Waals surface area contributed by atoms with Gasteiger partial charge in [-0.25, -0.2) is 9.97 Å². The number of aromatic nitrogens is 2. The van der Waals surface area contributed by atoms with Gasteiger partial charge in [-0.3, -0.25) is 0 Å². The van der Waals surface area contributed by atoms with Crippen molar-refractivity contribution in [2.24, 2.45) is 5.92 Å². The van der Waals surface area contributed by atoms with Gasteiger partial charge in [-0.2, -0.15) is 0 Å². The summed E-state index contributed by atoms with van der Waals surface area (Å²) < 4.78 is 0. The third-order valence-electron chi connectivity index (χ3n) is 2.40. The first-order valence-corrected chi connectivity index (χ1v) is 6.33. The van der Waals surface area contributed by atoms with E-state index < -0.39 is 0 Å². The van der Waals surface area contributed by atoms with Crippen LogP contribution in [0.1, 0.15) is 33.0 Å². The Morgan fingerprint density at radius 1 is 1.41 bits per heavy atom. The van der Waals surface area contributed by atoms with Crippen LogP contribution in [0.2, 0.25) is 5.15 Å². The summed E-state index contributed by atoms with van der Waals surface area (Å²) in [5.41, 5.74) is 0. The second-order valence-corrected chi connectivity index (χ2v) is 4.91. The first-order chi connectivity index (χ1) is 8.05. The molecule has 0 radical (unpaired) electrons. The van der Waals surface area contributed by atoms with Gasteiger partial charge < -0.3 is 10.4 Å². The summed E-state index contributed by atoms with van der Waals surface area (Å²) in [4.78, 5) is 8.58. The Hall–Kier alpha value is -0.870. The molecule has 17 heavy (non-hydrogen) atoms. The van der Waals surface area contributed by atoms with Gasteiger partial charge in [0.2, 0.25) is 0 Å². The molecule has 0 spiro atoms. The van der Waals surface area contributed by atoms with Gasteiger partial charge in [0.25, 0.3) is 0 Å². The Morgan fingerprint density at radius 2 is 2.12 bits per heavy atom. The summed E-state index contributed by atoms with van der Waals surface area (Å²) in [6.07, 6.45) is 1.63. The molecular formula is C12H20ClN3O. The van der Waals surface area contributed by atoms with Crippen LogP contribution in [0.25, 0.3) is 0 Å². The van der Waals surface area contributed by atoms with Crippen molar-refractivity contribution in [3.05, 3.63) is 17.0 Å². The summed E-state index contributed by atoms with van der Waals surface area (Å²) in [6, 6.07) is 1.69. The van der Waals surface area contributed by atoms with Crippen molar-refractivity contribution >= 4 is 17.4 Å². The fraction of sp³-hybridized carbons (Fsp3) is 0.667. The van der Waals surface area contributed by atoms with Crippen LogP contribution < -0.4 is 5.32 Å². The van der Waals surface area contributed by atoms with Crippen LogP contribution >= 0.6 is 11.6 Å². The lowest BCUT2D eigenvalue weighted by atomic mass is 10.1. The number of hydrogen-bond donors (Lipinski definition) is 2. The SMILES string of the molecule is CCC(CO)Nc1cc(Cl)nc(CC(C)C)n1. The zero-order chi connectivity index (χ0) is 12.8. The van der Waals surface area contributed by atoms with E-state index in [0.717, 1.165) is 18.7 Å². The van der Waals surface area contributed by atoms with Gasteiger partial charge in [0.15, 0.2) is 0 Å². The maximum atomic E-state index is 9.13. The van der Waals surface area contributed by atoms with E-state index >= 15 is 0 Å². The van der Waals surface area contributed by atoms with Crippen molar-refractivity contribution in [2.45, 2.75) is 39.7 Å². The molecule has 0 aliphatic rings. The minimum absolute atomic E-state index is 0.00728. The monoisotopic (exact) mass is 257 g/mol. The van der Waals surface area contributed by atoms with Crippen molar-refractivity contribution in [1.82, 2.24) is 9.97 Å². The fourth-order valence-electron chi connectivity index (χ4n) is 1.48. The summed E-state index contributed by atoms with van der Waals surface area (Å²) in [6.45, 7) is 6.31. The van der Waals surface area contributed by atoms with Gasteiger partial charge in [0.05, 0.1) is 12.6 Å². The third kappa shape index (κ3) is 4.88. The van der Waals surface area contributed by atoms with Gasteiger partial charge >= 0.3 is 0 Å². The molecule has 0 bridgehead atoms. The molecule has 1 heterocycles. The van der Waals surface area contributed by atoms with Gasteiger partial charge in [0, 0.05) is 12.5 Å². The molecule has 1 atom stereocenters. The van der Waals surface area contributed by atoms with Crippen molar-refractivity contribution in [3.63, 3.8) is 0 Å². The van der Waals surface area contributed by atoms with Crippen molar-refractivity contribution in [2.75, 3.05) is 11.9 Å². The Kier molecular flexibility index (Phi) is 5.65. The minimum atomic E-state index is 0.00728. The summed E-state index contributed by atoms with van der Waals surface area (Å²) >= 11 is 5.95. The third-order valence-corrected chi connectivity index (χ3v) is 2.59. The zero-order valence-electron chi connectivity index (χ0n) is 10.6. The van der Waals surface area contributed by atoms with E-state index in [1.165, 1.54) is 0 Å². The molecule has 96 valence electrons. The van der Waals surface area contributed by atoms with E-state index in [2.05, 4.69) is 29.1 Å². The van der Waals surface area contributed by atoms with E-state index in [1.807, 2.05) is 6.92 Å². The normalized spacial score (nSPS) is 12.8. The van der Waals surface area contributed by atoms with E-state index in [4.69, 9.17) is 16.7 Å². The largest absolute Gasteiger partial charge is 0.394 e. The Morgan fingerprint density at radius 3 is 2.65 bits per heavy atom. The average molecular weight is 258 g/mol. The lowest BCUT2D eigenvalue weighted by Crippen LogP contribution is -2.23. The Bertz CT molecular complexity index is 354. The molecule has 0 saturated heterocycles. The molecule has 0 aromatic carbocycles. The molecular weight excluding hydrogens is 238 g/mol. The standard InChI is InChI=1S/C12H20ClN3O/c1-4-9(7-17)14-12-6-10(13)15-11(16-12)5-8(2)3/h6,8-9,17H,4-5,7H2,1-3H3,(H,14,15,16). The lowest BCUT2D eigenvalue weighted by Gasteiger charge is -2.15. The topological polar surface area (TPSA) is 58.0 Å². The van der Waals surface area contributed by atoms with Crippen molar-refractivity contribution < 1.29 is 5.11 Å². The van der Waals surface area contributed by atoms with Crippen molar-refractivity contribution in [1.29, 1.82) is 0 Å². The average Bonchev–Trinajstić information content (AvgIpc) is 2.24. The number of anilines is 1. The lowest BCUT2D eigenvalue weighted by molar-refractivity contribution is 0.271. The van der Waals surface area contributed by atoms with E-state index in [0.29, 0.717) is 16.9 Å². The van der Waals surface area contributed by atoms with Crippen LogP contribution in [0.4, 0.5) is 5.82 Å². The summed E-state index contributed by atoms with van der Waals surface area (Å²) in [5.74, 6) is 1.91. The minimum Gasteiger partial charge on any atom is -0.394 e. The molecule has 1 unspecified atom stereocenters. The predicted molar refractivity (Wildman–Crippen MR) is 70.4 cm³/mol. The fourth-order valence-corrected chi connectivity index (χ4v) is 1.68. The number of nitrogens with one attached hydrogen (secondary N) is 1. The molecule has 0 fully saturated rings. The second kappa shape index (κ2) is 6.77. The molecule has 5 heteroatoms. The van der Waals surface area contributed by atoms with E-state index in [-0.39, 0.29) is 12.6 Å². The molecule has 0 aliphatic heterocycles. The highest BCUT2D eigenvalue weighted by Gasteiger charge is 2.09. The van der Waals surface area contributed by atoms with E-state index in [1.54, 1.807) is 6.07 Å². The second-order valence-electron chi connectivity index (χ2n) is 4.52. The molecule has 1 aromatic rings. The van der Waals surface area contributed by atoms with E-state index in [9.17, 15) is 0 Å². The van der Waals surface area contributed by atoms with Gasteiger partial charge in [-0.1, -0.05) is 32.4 Å². The van der Waals surface area contributed by atoms with Gasteiger partial charge in [-0.15, -0.1) is 0 Å². The highest BCUT2D eigenvalue weighted by molar-refractivity contribution is 6.29. The van der Waals surface area contributed by atoms with Crippen LogP contribution in [-0.4, -0.2) is 27.7 Å². The van der Waals surface area contributed by atoms with Crippen LogP contribution in [0.15, 0.2) is 6.07 Å². The highest BCUT2D eigenvalue weighted by Crippen LogP contribution is 2.15. The molecule has 2 N–H and O–H groups in total. The molecule has 0 saturated carbocycles. The Labute approximate surface area is 107 Å². The molecule has 0 aliphatic carbocycles. The molecule has 0 amide bonds. The Balaban J connectivity index is 2.81. The predicted octanol–water partition coefficient (Wildman–Crippen LogP) is 2.51. The quantitative estimate of drug-likeness (QED) is 0.769. The summed E-state index contributed by atoms with van der Waals surface area (Å²) in [7, 11) is 0. The smallest absolute Gasteiger partial charge is 0.134 e. The zero-order valence-corrected chi connectivity index (χ0v) is 11.3. The number of rotatable bonds is 6. The van der Waals surface area contributed by atoms with Crippen LogP contribution in [0.3, 0.4) is 0 Å². The van der Waals surface area contributed by atoms with Gasteiger partial charge in [-0.05, 0) is 12.3 Å². The first-order valence-electron chi connectivity index (χ1n) is 5.96. The van der Waals surface area contributed by atoms with Crippen LogP contribution in [0, 0.1) is 5.92 Å². The van der Waals surface area contributed by atoms with Crippen LogP contribution in [0.5, 0.6) is 0 Å². The molecule has 4 nitrogen and oxygen atoms in total. The van der Waals surface area contributed by atoms with Gasteiger partial charge in [0.1, 0.15) is 16.8 Å². The number of halogens is 1. The number of aliphatic hydroxyl groups excluding tert-OH is 1. The maximum Gasteiger partial charge on any atom is 0.134 e. The number of nitrogens with zero attached hydrogens (tertiary/aromatic N) is 2. The highest BCUT2D eigenvalue weighted by atomic mass is 35.5. The number of aliphatic hydroxyl groups is 1. The first kappa shape index (κ1) is 14.2. The summed E-state index contributed by atoms with van der Waals surface area (Å²) in [5, 5.41) is 12.7. The maximum absolute atomic E-state index is 9.13. The molecule has 1 rings (SSSR count). The molecule has 1 aromatic heterocycles. The van der Waals surface area contributed by atoms with Crippen LogP contribution in [-0.2, 0) is 6.42 Å². The number of hydrogen-bond acceptors (Lipinski definition) is 4. The van der Waals surface area contributed by atoms with Crippen molar-refractivity contribution in [3.8, 4) is 0 Å².